The van der Waals surface area contributed by atoms with E-state index in [1.807, 2.05) is 18.4 Å². The number of hydrogen-bond acceptors (Lipinski definition) is 5. The van der Waals surface area contributed by atoms with Crippen molar-refractivity contribution in [3.8, 4) is 16.9 Å². The Bertz CT molecular complexity index is 1170. The topological polar surface area (TPSA) is 73.2 Å². The Morgan fingerprint density at radius 2 is 2.06 bits per heavy atom. The van der Waals surface area contributed by atoms with Gasteiger partial charge in [-0.1, -0.05) is 43.7 Å². The molecule has 0 spiro atoms. The minimum absolute atomic E-state index is 0.200. The number of hydrogen-bond donors (Lipinski definition) is 1. The van der Waals surface area contributed by atoms with Gasteiger partial charge in [0.1, 0.15) is 11.8 Å². The number of thiazole rings is 1. The molecule has 0 unspecified atom stereocenters. The third-order valence-electron chi connectivity index (χ3n) is 6.29. The van der Waals surface area contributed by atoms with E-state index >= 15 is 0 Å². The molecule has 33 heavy (non-hydrogen) atoms. The summed E-state index contributed by atoms with van der Waals surface area (Å²) in [7, 11) is 1.59. The minimum atomic E-state index is -0.597. The Balaban J connectivity index is 1.72. The number of aryl methyl sites for hydroxylation is 1. The smallest absolute Gasteiger partial charge is 0.252 e. The number of halogens is 1. The molecule has 0 aliphatic heterocycles. The molecule has 1 fully saturated rings. The molecular weight excluding hydrogens is 458 g/mol. The van der Waals surface area contributed by atoms with Crippen LogP contribution in [0.3, 0.4) is 0 Å². The largest absolute Gasteiger partial charge is 0.496 e. The molecule has 1 aliphatic rings. The lowest BCUT2D eigenvalue weighted by molar-refractivity contribution is -0.120. The van der Waals surface area contributed by atoms with Gasteiger partial charge >= 0.3 is 0 Å². The molecule has 0 saturated heterocycles. The average Bonchev–Trinajstić information content (AvgIpc) is 3.31. The molecule has 1 atom stereocenters. The first-order valence-electron chi connectivity index (χ1n) is 11.2. The maximum atomic E-state index is 13.4. The summed E-state index contributed by atoms with van der Waals surface area (Å²) in [6.45, 7) is 1.87. The number of anilines is 1. The van der Waals surface area contributed by atoms with Crippen molar-refractivity contribution in [3.05, 3.63) is 63.0 Å². The van der Waals surface area contributed by atoms with Crippen molar-refractivity contribution in [1.29, 1.82) is 0 Å². The monoisotopic (exact) mass is 485 g/mol. The van der Waals surface area contributed by atoms with E-state index in [0.717, 1.165) is 24.1 Å². The lowest BCUT2D eigenvalue weighted by Crippen LogP contribution is -2.36. The molecule has 0 radical (unpaired) electrons. The maximum absolute atomic E-state index is 13.4. The molecule has 0 bridgehead atoms. The van der Waals surface area contributed by atoms with Gasteiger partial charge in [-0.3, -0.25) is 9.59 Å². The second-order valence-electron chi connectivity index (χ2n) is 8.52. The summed E-state index contributed by atoms with van der Waals surface area (Å²) >= 11 is 7.57. The fourth-order valence-electron chi connectivity index (χ4n) is 4.72. The number of carbonyl (C=O) groups is 1. The fourth-order valence-corrected chi connectivity index (χ4v) is 5.42. The second-order valence-corrected chi connectivity index (χ2v) is 9.85. The van der Waals surface area contributed by atoms with Crippen molar-refractivity contribution in [2.24, 2.45) is 5.92 Å². The van der Waals surface area contributed by atoms with Gasteiger partial charge in [0.15, 0.2) is 5.13 Å². The summed E-state index contributed by atoms with van der Waals surface area (Å²) in [6, 6.07) is 8.20. The number of nitrogens with one attached hydrogen (secondary N) is 1. The summed E-state index contributed by atoms with van der Waals surface area (Å²) < 4.78 is 7.10. The number of aromatic nitrogens is 2. The Morgan fingerprint density at radius 1 is 1.27 bits per heavy atom. The van der Waals surface area contributed by atoms with Gasteiger partial charge in [-0.2, -0.15) is 0 Å². The van der Waals surface area contributed by atoms with Crippen molar-refractivity contribution in [2.45, 2.75) is 51.5 Å². The number of ether oxygens (including phenoxy) is 1. The van der Waals surface area contributed by atoms with Gasteiger partial charge in [-0.25, -0.2) is 4.98 Å². The first-order chi connectivity index (χ1) is 16.0. The Hall–Kier alpha value is -2.64. The average molecular weight is 486 g/mol. The van der Waals surface area contributed by atoms with Gasteiger partial charge in [0.25, 0.3) is 5.56 Å². The third-order valence-corrected chi connectivity index (χ3v) is 7.22. The normalized spacial score (nSPS) is 15.2. The van der Waals surface area contributed by atoms with Crippen LogP contribution in [0, 0.1) is 12.8 Å². The van der Waals surface area contributed by atoms with E-state index in [2.05, 4.69) is 10.3 Å². The molecule has 1 amide bonds. The van der Waals surface area contributed by atoms with Gasteiger partial charge in [-0.15, -0.1) is 11.3 Å². The van der Waals surface area contributed by atoms with E-state index in [0.29, 0.717) is 33.8 Å². The number of carbonyl (C=O) groups excluding carboxylic acids is 1. The van der Waals surface area contributed by atoms with Gasteiger partial charge in [0.05, 0.1) is 7.11 Å². The molecule has 2 heterocycles. The SMILES string of the molecule is COc1ccc(Cl)cc1-c1cc(C)n([C@@H](CC2CCCCC2)C(=O)Nc2nccs2)c(=O)c1. The third kappa shape index (κ3) is 5.47. The van der Waals surface area contributed by atoms with Crippen LogP contribution in [0.5, 0.6) is 5.75 Å². The van der Waals surface area contributed by atoms with Crippen LogP contribution in [0.2, 0.25) is 5.02 Å². The van der Waals surface area contributed by atoms with E-state index in [1.54, 1.807) is 42.1 Å². The molecule has 3 aromatic rings. The van der Waals surface area contributed by atoms with E-state index in [4.69, 9.17) is 16.3 Å². The second kappa shape index (κ2) is 10.5. The number of pyridine rings is 1. The van der Waals surface area contributed by atoms with Crippen LogP contribution in [0.4, 0.5) is 5.13 Å². The summed E-state index contributed by atoms with van der Waals surface area (Å²) in [5.41, 5.74) is 1.95. The zero-order valence-corrected chi connectivity index (χ0v) is 20.4. The first kappa shape index (κ1) is 23.5. The van der Waals surface area contributed by atoms with Crippen molar-refractivity contribution in [3.63, 3.8) is 0 Å². The van der Waals surface area contributed by atoms with Crippen LogP contribution in [0.25, 0.3) is 11.1 Å². The zero-order chi connectivity index (χ0) is 23.4. The van der Waals surface area contributed by atoms with Crippen LogP contribution >= 0.6 is 22.9 Å². The van der Waals surface area contributed by atoms with Crippen molar-refractivity contribution in [2.75, 3.05) is 12.4 Å². The number of amides is 1. The van der Waals surface area contributed by atoms with E-state index in [9.17, 15) is 9.59 Å². The standard InChI is InChI=1S/C25H28ClN3O3S/c1-16-12-18(20-15-19(26)8-9-22(20)32-2)14-23(30)29(16)21(13-17-6-4-3-5-7-17)24(31)28-25-27-10-11-33-25/h8-12,14-15,17,21H,3-7,13H2,1-2H3,(H,27,28,31)/t21-/m0/s1. The molecule has 4 rings (SSSR count). The molecular formula is C25H28ClN3O3S. The van der Waals surface area contributed by atoms with Crippen LogP contribution in [0.1, 0.15) is 50.3 Å². The van der Waals surface area contributed by atoms with Crippen molar-refractivity contribution < 1.29 is 9.53 Å². The quantitative estimate of drug-likeness (QED) is 0.439. The first-order valence-corrected chi connectivity index (χ1v) is 12.5. The number of methoxy groups -OCH3 is 1. The minimum Gasteiger partial charge on any atom is -0.496 e. The predicted octanol–water partition coefficient (Wildman–Crippen LogP) is 6.09. The molecule has 2 aromatic heterocycles. The highest BCUT2D eigenvalue weighted by Gasteiger charge is 2.28. The molecule has 6 nitrogen and oxygen atoms in total. The van der Waals surface area contributed by atoms with E-state index < -0.39 is 6.04 Å². The summed E-state index contributed by atoms with van der Waals surface area (Å²) in [5, 5.41) is 5.83. The highest BCUT2D eigenvalue weighted by Crippen LogP contribution is 2.34. The van der Waals surface area contributed by atoms with Gasteiger partial charge < -0.3 is 14.6 Å². The van der Waals surface area contributed by atoms with Gasteiger partial charge in [-0.05, 0) is 49.1 Å². The van der Waals surface area contributed by atoms with Crippen LogP contribution in [-0.4, -0.2) is 22.6 Å². The Morgan fingerprint density at radius 3 is 2.73 bits per heavy atom. The molecule has 1 aliphatic carbocycles. The summed E-state index contributed by atoms with van der Waals surface area (Å²) in [5.74, 6) is 0.856. The highest BCUT2D eigenvalue weighted by molar-refractivity contribution is 7.13. The van der Waals surface area contributed by atoms with E-state index in [1.165, 1.54) is 30.6 Å². The number of nitrogens with zero attached hydrogens (tertiary/aromatic N) is 2. The van der Waals surface area contributed by atoms with Gasteiger partial charge in [0.2, 0.25) is 5.91 Å². The number of rotatable bonds is 7. The van der Waals surface area contributed by atoms with Crippen LogP contribution < -0.4 is 15.6 Å². The predicted molar refractivity (Wildman–Crippen MR) is 133 cm³/mol. The fraction of sp³-hybridized carbons (Fsp3) is 0.400. The van der Waals surface area contributed by atoms with Crippen LogP contribution in [0.15, 0.2) is 46.7 Å². The summed E-state index contributed by atoms with van der Waals surface area (Å²) in [4.78, 5) is 30.9. The van der Waals surface area contributed by atoms with Crippen molar-refractivity contribution >= 4 is 34.0 Å². The highest BCUT2D eigenvalue weighted by atomic mass is 35.5. The molecule has 1 N–H and O–H groups in total. The lowest BCUT2D eigenvalue weighted by Gasteiger charge is -2.28. The molecule has 174 valence electrons. The number of benzene rings is 1. The Labute approximate surface area is 202 Å². The molecule has 1 saturated carbocycles. The summed E-state index contributed by atoms with van der Waals surface area (Å²) in [6.07, 6.45) is 8.05. The lowest BCUT2D eigenvalue weighted by atomic mass is 9.84. The maximum Gasteiger partial charge on any atom is 0.252 e. The van der Waals surface area contributed by atoms with Crippen LogP contribution in [-0.2, 0) is 4.79 Å². The Kier molecular flexibility index (Phi) is 7.50. The zero-order valence-electron chi connectivity index (χ0n) is 18.8. The van der Waals surface area contributed by atoms with E-state index in [-0.39, 0.29) is 11.5 Å². The van der Waals surface area contributed by atoms with Gasteiger partial charge in [0, 0.05) is 33.9 Å². The van der Waals surface area contributed by atoms with Crippen molar-refractivity contribution in [1.82, 2.24) is 9.55 Å². The molecule has 8 heteroatoms. The molecule has 1 aromatic carbocycles.